The van der Waals surface area contributed by atoms with E-state index < -0.39 is 48.4 Å². The van der Waals surface area contributed by atoms with Crippen molar-refractivity contribution in [1.29, 1.82) is 0 Å². The van der Waals surface area contributed by atoms with E-state index in [1.165, 1.54) is 0 Å². The minimum atomic E-state index is -5.60. The van der Waals surface area contributed by atoms with Gasteiger partial charge in [-0.15, -0.1) is 0 Å². The quantitative estimate of drug-likeness (QED) is 0.303. The summed E-state index contributed by atoms with van der Waals surface area (Å²) in [5.41, 5.74) is 1.53. The Morgan fingerprint density at radius 1 is 1.07 bits per heavy atom. The normalized spacial score (nSPS) is 27.0. The molecule has 13 nitrogen and oxygen atoms in total. The van der Waals surface area contributed by atoms with Gasteiger partial charge in [0.25, 0.3) is 0 Å². The summed E-state index contributed by atoms with van der Waals surface area (Å²) in [6.07, 6.45) is -2.57. The van der Waals surface area contributed by atoms with E-state index in [1.807, 2.05) is 30.3 Å². The number of benzene rings is 1. The molecule has 1 aromatic heterocycles. The van der Waals surface area contributed by atoms with Crippen molar-refractivity contribution >= 4 is 34.4 Å². The lowest BCUT2D eigenvalue weighted by Crippen LogP contribution is -2.26. The molecule has 1 fully saturated rings. The molecular formula is C13H18NO12P3. The largest absolute Gasteiger partial charge is 0.490 e. The third kappa shape index (κ3) is 6.28. The zero-order valence-corrected chi connectivity index (χ0v) is 17.2. The van der Waals surface area contributed by atoms with Crippen molar-refractivity contribution in [3.8, 4) is 0 Å². The third-order valence-electron chi connectivity index (χ3n) is 3.94. The van der Waals surface area contributed by atoms with Crippen molar-refractivity contribution in [2.75, 3.05) is 6.61 Å². The smallest absolute Gasteiger partial charge is 0.390 e. The first-order valence-corrected chi connectivity index (χ1v) is 12.6. The van der Waals surface area contributed by atoms with Crippen molar-refractivity contribution < 1.29 is 56.3 Å². The Labute approximate surface area is 163 Å². The van der Waals surface area contributed by atoms with Crippen molar-refractivity contribution in [1.82, 2.24) is 4.98 Å². The molecule has 0 aliphatic carbocycles. The molecule has 1 saturated heterocycles. The minimum absolute atomic E-state index is 0.150. The maximum atomic E-state index is 11.8. The van der Waals surface area contributed by atoms with Crippen LogP contribution in [-0.2, 0) is 31.6 Å². The average molecular weight is 473 g/mol. The van der Waals surface area contributed by atoms with E-state index in [4.69, 9.17) is 19.4 Å². The van der Waals surface area contributed by atoms with Crippen molar-refractivity contribution in [2.45, 2.75) is 24.7 Å². The summed E-state index contributed by atoms with van der Waals surface area (Å²) < 4.78 is 51.0. The van der Waals surface area contributed by atoms with Gasteiger partial charge in [-0.2, -0.15) is 8.62 Å². The molecule has 0 bridgehead atoms. The van der Waals surface area contributed by atoms with Crippen LogP contribution in [0.15, 0.2) is 30.3 Å². The van der Waals surface area contributed by atoms with Crippen LogP contribution in [0.1, 0.15) is 18.2 Å². The van der Waals surface area contributed by atoms with E-state index in [2.05, 4.69) is 18.1 Å². The number of aromatic nitrogens is 1. The second-order valence-electron chi connectivity index (χ2n) is 6.16. The van der Waals surface area contributed by atoms with Gasteiger partial charge in [0.05, 0.1) is 12.7 Å². The molecule has 16 heteroatoms. The number of hydrogen-bond acceptors (Lipinski definition) is 8. The van der Waals surface area contributed by atoms with Crippen LogP contribution in [0.5, 0.6) is 0 Å². The van der Waals surface area contributed by atoms with Crippen LogP contribution in [0, 0.1) is 0 Å². The SMILES string of the molecule is O=P(O)(O)OP(=O)(O)OP(=O)(O)OC[C@H]1O[C@@H](c2cc3ccccc3[nH]2)C[C@@H]1O. The van der Waals surface area contributed by atoms with E-state index in [0.717, 1.165) is 10.9 Å². The van der Waals surface area contributed by atoms with Gasteiger partial charge in [-0.25, -0.2) is 13.7 Å². The highest BCUT2D eigenvalue weighted by atomic mass is 31.3. The highest BCUT2D eigenvalue weighted by molar-refractivity contribution is 7.66. The minimum Gasteiger partial charge on any atom is -0.390 e. The number of hydrogen-bond donors (Lipinski definition) is 6. The Morgan fingerprint density at radius 2 is 1.76 bits per heavy atom. The number of phosphoric ester groups is 1. The van der Waals surface area contributed by atoms with Gasteiger partial charge in [-0.1, -0.05) is 18.2 Å². The highest BCUT2D eigenvalue weighted by Crippen LogP contribution is 2.66. The fraction of sp³-hybridized carbons (Fsp3) is 0.385. The van der Waals surface area contributed by atoms with Crippen LogP contribution in [0.2, 0.25) is 0 Å². The number of fused-ring (bicyclic) bond motifs is 1. The molecule has 2 heterocycles. The number of aromatic amines is 1. The predicted molar refractivity (Wildman–Crippen MR) is 96.4 cm³/mol. The Kier molecular flexibility index (Phi) is 6.53. The number of para-hydroxylation sites is 1. The molecule has 2 unspecified atom stereocenters. The summed E-state index contributed by atoms with van der Waals surface area (Å²) in [7, 11) is -16.3. The topological polar surface area (TPSA) is 205 Å². The fourth-order valence-corrected chi connectivity index (χ4v) is 5.85. The van der Waals surface area contributed by atoms with Crippen molar-refractivity contribution in [3.63, 3.8) is 0 Å². The maximum Gasteiger partial charge on any atom is 0.490 e. The first-order valence-electron chi connectivity index (χ1n) is 8.03. The van der Waals surface area contributed by atoms with Gasteiger partial charge in [0, 0.05) is 17.6 Å². The molecule has 1 aromatic carbocycles. The molecule has 0 saturated carbocycles. The summed E-state index contributed by atoms with van der Waals surface area (Å²) in [6.45, 7) is -0.707. The van der Waals surface area contributed by atoms with Crippen molar-refractivity contribution in [3.05, 3.63) is 36.0 Å². The number of rotatable bonds is 8. The molecule has 0 amide bonds. The lowest BCUT2D eigenvalue weighted by Gasteiger charge is -2.19. The van der Waals surface area contributed by atoms with E-state index in [9.17, 15) is 23.7 Å². The summed E-state index contributed by atoms with van der Waals surface area (Å²) >= 11 is 0. The van der Waals surface area contributed by atoms with Crippen LogP contribution in [0.25, 0.3) is 10.9 Å². The molecular weight excluding hydrogens is 455 g/mol. The molecule has 29 heavy (non-hydrogen) atoms. The molecule has 6 N–H and O–H groups in total. The van der Waals surface area contributed by atoms with Gasteiger partial charge in [0.2, 0.25) is 0 Å². The number of aliphatic hydroxyl groups excluding tert-OH is 1. The molecule has 2 aromatic rings. The number of phosphoric acid groups is 3. The van der Waals surface area contributed by atoms with E-state index in [-0.39, 0.29) is 6.42 Å². The first-order chi connectivity index (χ1) is 13.3. The van der Waals surface area contributed by atoms with Crippen LogP contribution in [0.4, 0.5) is 0 Å². The molecule has 0 spiro atoms. The van der Waals surface area contributed by atoms with Gasteiger partial charge < -0.3 is 34.4 Å². The number of ether oxygens (including phenoxy) is 1. The van der Waals surface area contributed by atoms with Gasteiger partial charge in [-0.3, -0.25) is 4.52 Å². The highest BCUT2D eigenvalue weighted by Gasteiger charge is 2.42. The Morgan fingerprint density at radius 3 is 2.41 bits per heavy atom. The standard InChI is InChI=1S/C13H18NO12P3/c15-11-6-12(10-5-8-3-1-2-4-9(8)14-10)24-13(11)7-23-28(19,20)26-29(21,22)25-27(16,17)18/h1-5,11-15H,6-7H2,(H,19,20)(H,21,22)(H2,16,17,18)/t11-,12+,13+/m0/s1. The zero-order chi connectivity index (χ0) is 21.4. The Balaban J connectivity index is 1.59. The van der Waals surface area contributed by atoms with E-state index in [1.54, 1.807) is 0 Å². The molecule has 1 aliphatic rings. The van der Waals surface area contributed by atoms with Gasteiger partial charge >= 0.3 is 23.5 Å². The summed E-state index contributed by atoms with van der Waals surface area (Å²) in [4.78, 5) is 38.7. The lowest BCUT2D eigenvalue weighted by molar-refractivity contribution is -0.0228. The van der Waals surface area contributed by atoms with E-state index in [0.29, 0.717) is 5.69 Å². The molecule has 162 valence electrons. The summed E-state index contributed by atoms with van der Waals surface area (Å²) in [5, 5.41) is 11.0. The molecule has 3 rings (SSSR count). The van der Waals surface area contributed by atoms with E-state index >= 15 is 0 Å². The average Bonchev–Trinajstić information content (AvgIpc) is 3.12. The monoisotopic (exact) mass is 473 g/mol. The van der Waals surface area contributed by atoms with Gasteiger partial charge in [0.15, 0.2) is 0 Å². The predicted octanol–water partition coefficient (Wildman–Crippen LogP) is 1.70. The van der Waals surface area contributed by atoms with Crippen molar-refractivity contribution in [2.24, 2.45) is 0 Å². The van der Waals surface area contributed by atoms with Crippen LogP contribution >= 0.6 is 23.5 Å². The summed E-state index contributed by atoms with van der Waals surface area (Å²) in [5.74, 6) is 0. The second kappa shape index (κ2) is 8.32. The Bertz CT molecular complexity index is 984. The second-order valence-corrected chi connectivity index (χ2v) is 10.6. The number of nitrogens with one attached hydrogen (secondary N) is 1. The Hall–Kier alpha value is -0.910. The summed E-state index contributed by atoms with van der Waals surface area (Å²) in [6, 6.07) is 9.27. The number of H-pyrrole nitrogens is 1. The van der Waals surface area contributed by atoms with Crippen LogP contribution in [-0.4, -0.2) is 48.5 Å². The fourth-order valence-electron chi connectivity index (χ4n) is 2.82. The molecule has 5 atom stereocenters. The van der Waals surface area contributed by atoms with Crippen LogP contribution < -0.4 is 0 Å². The third-order valence-corrected chi connectivity index (χ3v) is 7.74. The van der Waals surface area contributed by atoms with Gasteiger partial charge in [0.1, 0.15) is 12.2 Å². The lowest BCUT2D eigenvalue weighted by atomic mass is 10.1. The number of aliphatic hydroxyl groups is 1. The van der Waals surface area contributed by atoms with Gasteiger partial charge in [-0.05, 0) is 17.5 Å². The molecule has 1 aliphatic heterocycles. The maximum absolute atomic E-state index is 11.8. The molecule has 0 radical (unpaired) electrons. The van der Waals surface area contributed by atoms with Crippen LogP contribution in [0.3, 0.4) is 0 Å². The zero-order valence-electron chi connectivity index (χ0n) is 14.5. The first kappa shape index (κ1) is 22.8.